The van der Waals surface area contributed by atoms with Crippen molar-refractivity contribution in [2.24, 2.45) is 0 Å². The Morgan fingerprint density at radius 3 is 2.79 bits per heavy atom. The lowest BCUT2D eigenvalue weighted by Crippen LogP contribution is -2.23. The predicted octanol–water partition coefficient (Wildman–Crippen LogP) is 0.380. The molecule has 1 aromatic rings. The Kier molecular flexibility index (Phi) is 4.12. The van der Waals surface area contributed by atoms with Gasteiger partial charge in [0.15, 0.2) is 0 Å². The highest BCUT2D eigenvalue weighted by molar-refractivity contribution is 4.96. The van der Waals surface area contributed by atoms with Gasteiger partial charge >= 0.3 is 5.69 Å². The van der Waals surface area contributed by atoms with Gasteiger partial charge in [-0.3, -0.25) is 9.78 Å². The largest absolute Gasteiger partial charge is 0.375 e. The highest BCUT2D eigenvalue weighted by Crippen LogP contribution is 1.93. The van der Waals surface area contributed by atoms with E-state index >= 15 is 0 Å². The van der Waals surface area contributed by atoms with Gasteiger partial charge in [0.05, 0.1) is 12.3 Å². The molecule has 1 heterocycles. The van der Waals surface area contributed by atoms with Crippen molar-refractivity contribution in [1.29, 1.82) is 0 Å². The Morgan fingerprint density at radius 2 is 2.14 bits per heavy atom. The van der Waals surface area contributed by atoms with Crippen LogP contribution in [0.4, 0.5) is 0 Å². The summed E-state index contributed by atoms with van der Waals surface area (Å²) < 4.78 is 5.25. The monoisotopic (exact) mass is 198 g/mol. The number of aromatic nitrogens is 2. The van der Waals surface area contributed by atoms with Gasteiger partial charge in [0.2, 0.25) is 0 Å². The molecule has 0 radical (unpaired) electrons. The van der Waals surface area contributed by atoms with Crippen molar-refractivity contribution in [2.45, 2.75) is 26.4 Å². The number of rotatable bonds is 5. The van der Waals surface area contributed by atoms with Crippen molar-refractivity contribution in [3.8, 4) is 0 Å². The first kappa shape index (κ1) is 10.7. The Morgan fingerprint density at radius 1 is 1.36 bits per heavy atom. The summed E-state index contributed by atoms with van der Waals surface area (Å²) in [5, 5.41) is 0. The fourth-order valence-electron chi connectivity index (χ4n) is 1.03. The average molecular weight is 198 g/mol. The molecule has 0 amide bonds. The molecule has 0 bridgehead atoms. The zero-order valence-corrected chi connectivity index (χ0v) is 8.13. The molecular weight excluding hydrogens is 184 g/mol. The van der Waals surface area contributed by atoms with Crippen LogP contribution in [0.3, 0.4) is 0 Å². The van der Waals surface area contributed by atoms with Crippen LogP contribution in [-0.4, -0.2) is 16.6 Å². The molecule has 14 heavy (non-hydrogen) atoms. The van der Waals surface area contributed by atoms with E-state index in [1.165, 1.54) is 6.07 Å². The molecule has 5 heteroatoms. The molecule has 0 saturated carbocycles. The molecule has 1 aromatic heterocycles. The van der Waals surface area contributed by atoms with E-state index in [-0.39, 0.29) is 6.61 Å². The van der Waals surface area contributed by atoms with Crippen LogP contribution in [0.25, 0.3) is 0 Å². The Labute approximate surface area is 81.1 Å². The lowest BCUT2D eigenvalue weighted by atomic mass is 10.3. The molecule has 0 atom stereocenters. The van der Waals surface area contributed by atoms with E-state index in [1.807, 2.05) is 0 Å². The number of nitrogens with one attached hydrogen (secondary N) is 2. The lowest BCUT2D eigenvalue weighted by Gasteiger charge is -2.01. The van der Waals surface area contributed by atoms with E-state index in [0.717, 1.165) is 12.8 Å². The quantitative estimate of drug-likeness (QED) is 0.671. The molecule has 0 aliphatic carbocycles. The van der Waals surface area contributed by atoms with Crippen LogP contribution in [0, 0.1) is 0 Å². The first-order valence-corrected chi connectivity index (χ1v) is 4.62. The molecule has 0 aromatic carbocycles. The second-order valence-corrected chi connectivity index (χ2v) is 3.02. The molecule has 0 aliphatic heterocycles. The minimum absolute atomic E-state index is 0.277. The number of H-pyrrole nitrogens is 2. The molecule has 2 N–H and O–H groups in total. The number of unbranched alkanes of at least 4 members (excludes halogenated alkanes) is 1. The maximum atomic E-state index is 10.9. The van der Waals surface area contributed by atoms with Crippen molar-refractivity contribution < 1.29 is 4.74 Å². The van der Waals surface area contributed by atoms with Crippen molar-refractivity contribution in [1.82, 2.24) is 9.97 Å². The van der Waals surface area contributed by atoms with E-state index in [4.69, 9.17) is 4.74 Å². The zero-order chi connectivity index (χ0) is 10.4. The summed E-state index contributed by atoms with van der Waals surface area (Å²) >= 11 is 0. The fourth-order valence-corrected chi connectivity index (χ4v) is 1.03. The van der Waals surface area contributed by atoms with Crippen LogP contribution in [0.15, 0.2) is 15.7 Å². The lowest BCUT2D eigenvalue weighted by molar-refractivity contribution is 0.115. The first-order chi connectivity index (χ1) is 6.72. The van der Waals surface area contributed by atoms with Gasteiger partial charge in [-0.1, -0.05) is 13.3 Å². The molecule has 5 nitrogen and oxygen atoms in total. The third-order valence-corrected chi connectivity index (χ3v) is 1.72. The minimum Gasteiger partial charge on any atom is -0.375 e. The van der Waals surface area contributed by atoms with Crippen molar-refractivity contribution in [2.75, 3.05) is 6.61 Å². The summed E-state index contributed by atoms with van der Waals surface area (Å²) in [5.41, 5.74) is -0.385. The summed E-state index contributed by atoms with van der Waals surface area (Å²) in [6.45, 7) is 2.99. The van der Waals surface area contributed by atoms with E-state index in [1.54, 1.807) is 0 Å². The summed E-state index contributed by atoms with van der Waals surface area (Å²) in [5.74, 6) is 0. The van der Waals surface area contributed by atoms with Gasteiger partial charge in [0.25, 0.3) is 5.56 Å². The number of hydrogen-bond acceptors (Lipinski definition) is 3. The highest BCUT2D eigenvalue weighted by Gasteiger charge is 1.96. The topological polar surface area (TPSA) is 75.0 Å². The minimum atomic E-state index is -0.494. The van der Waals surface area contributed by atoms with Crippen LogP contribution in [-0.2, 0) is 11.3 Å². The molecule has 0 fully saturated rings. The number of hydrogen-bond donors (Lipinski definition) is 2. The zero-order valence-electron chi connectivity index (χ0n) is 8.13. The van der Waals surface area contributed by atoms with E-state index < -0.39 is 11.2 Å². The third-order valence-electron chi connectivity index (χ3n) is 1.72. The Hall–Kier alpha value is -1.36. The molecule has 0 unspecified atom stereocenters. The van der Waals surface area contributed by atoms with Crippen LogP contribution in [0.1, 0.15) is 25.5 Å². The van der Waals surface area contributed by atoms with Gasteiger partial charge in [0, 0.05) is 12.7 Å². The Balaban J connectivity index is 2.51. The first-order valence-electron chi connectivity index (χ1n) is 4.62. The SMILES string of the molecule is CCCCOCc1cc(=O)[nH]c(=O)[nH]1. The van der Waals surface area contributed by atoms with E-state index in [2.05, 4.69) is 16.9 Å². The number of ether oxygens (including phenoxy) is 1. The van der Waals surface area contributed by atoms with E-state index in [9.17, 15) is 9.59 Å². The number of aromatic amines is 2. The van der Waals surface area contributed by atoms with Gasteiger partial charge in [0.1, 0.15) is 0 Å². The van der Waals surface area contributed by atoms with E-state index in [0.29, 0.717) is 12.3 Å². The van der Waals surface area contributed by atoms with Crippen molar-refractivity contribution >= 4 is 0 Å². The third kappa shape index (κ3) is 3.57. The second-order valence-electron chi connectivity index (χ2n) is 3.02. The Bertz CT molecular complexity index is 352. The highest BCUT2D eigenvalue weighted by atomic mass is 16.5. The van der Waals surface area contributed by atoms with Crippen molar-refractivity contribution in [3.63, 3.8) is 0 Å². The summed E-state index contributed by atoms with van der Waals surface area (Å²) in [4.78, 5) is 26.3. The maximum Gasteiger partial charge on any atom is 0.325 e. The summed E-state index contributed by atoms with van der Waals surface area (Å²) in [7, 11) is 0. The molecule has 0 saturated heterocycles. The van der Waals surface area contributed by atoms with Crippen molar-refractivity contribution in [3.05, 3.63) is 32.6 Å². The predicted molar refractivity (Wildman–Crippen MR) is 52.2 cm³/mol. The second kappa shape index (κ2) is 5.39. The summed E-state index contributed by atoms with van der Waals surface area (Å²) in [6.07, 6.45) is 2.04. The van der Waals surface area contributed by atoms with Gasteiger partial charge < -0.3 is 9.72 Å². The van der Waals surface area contributed by atoms with Gasteiger partial charge in [-0.25, -0.2) is 4.79 Å². The van der Waals surface area contributed by atoms with Gasteiger partial charge in [-0.15, -0.1) is 0 Å². The molecule has 78 valence electrons. The summed E-state index contributed by atoms with van der Waals surface area (Å²) in [6, 6.07) is 1.33. The molecule has 1 rings (SSSR count). The van der Waals surface area contributed by atoms with Gasteiger partial charge in [-0.05, 0) is 6.42 Å². The van der Waals surface area contributed by atoms with Crippen LogP contribution < -0.4 is 11.2 Å². The standard InChI is InChI=1S/C9H14N2O3/c1-2-3-4-14-6-7-5-8(12)11-9(13)10-7/h5H,2-4,6H2,1H3,(H2,10,11,12,13). The van der Waals surface area contributed by atoms with Crippen LogP contribution in [0.5, 0.6) is 0 Å². The van der Waals surface area contributed by atoms with Crippen LogP contribution >= 0.6 is 0 Å². The molecule has 0 aliphatic rings. The fraction of sp³-hybridized carbons (Fsp3) is 0.556. The normalized spacial score (nSPS) is 10.4. The molecular formula is C9H14N2O3. The molecule has 0 spiro atoms. The van der Waals surface area contributed by atoms with Crippen LogP contribution in [0.2, 0.25) is 0 Å². The maximum absolute atomic E-state index is 10.9. The average Bonchev–Trinajstić information content (AvgIpc) is 2.11. The van der Waals surface area contributed by atoms with Gasteiger partial charge in [-0.2, -0.15) is 0 Å². The smallest absolute Gasteiger partial charge is 0.325 e.